The van der Waals surface area contributed by atoms with Gasteiger partial charge in [0, 0.05) is 5.75 Å². The molecule has 0 amide bonds. The van der Waals surface area contributed by atoms with Gasteiger partial charge in [0.1, 0.15) is 18.7 Å². The van der Waals surface area contributed by atoms with Crippen LogP contribution >= 0.6 is 11.8 Å². The molecule has 0 fully saturated rings. The highest BCUT2D eigenvalue weighted by Gasteiger charge is 2.05. The van der Waals surface area contributed by atoms with Gasteiger partial charge >= 0.3 is 0 Å². The van der Waals surface area contributed by atoms with E-state index in [2.05, 4.69) is 77.7 Å². The Balaban J connectivity index is 1.33. The Morgan fingerprint density at radius 2 is 1.52 bits per heavy atom. The molecular formula is C25H24N4OS. The fourth-order valence-electron chi connectivity index (χ4n) is 2.86. The summed E-state index contributed by atoms with van der Waals surface area (Å²) in [6.07, 6.45) is 3.41. The predicted octanol–water partition coefficient (Wildman–Crippen LogP) is 5.65. The lowest BCUT2D eigenvalue weighted by Gasteiger charge is -2.07. The van der Waals surface area contributed by atoms with Crippen LogP contribution in [0.2, 0.25) is 0 Å². The summed E-state index contributed by atoms with van der Waals surface area (Å²) in [5.41, 5.74) is 5.88. The van der Waals surface area contributed by atoms with Gasteiger partial charge in [0.2, 0.25) is 5.16 Å². The van der Waals surface area contributed by atoms with E-state index in [4.69, 9.17) is 4.74 Å². The summed E-state index contributed by atoms with van der Waals surface area (Å²) in [6.45, 7) is 4.72. The maximum atomic E-state index is 5.86. The number of hydrogen-bond donors (Lipinski definition) is 0. The van der Waals surface area contributed by atoms with Crippen LogP contribution in [0.3, 0.4) is 0 Å². The molecule has 0 aliphatic heterocycles. The molecule has 0 aliphatic rings. The molecule has 6 heteroatoms. The van der Waals surface area contributed by atoms with Gasteiger partial charge < -0.3 is 4.74 Å². The van der Waals surface area contributed by atoms with E-state index < -0.39 is 0 Å². The summed E-state index contributed by atoms with van der Waals surface area (Å²) in [5, 5.41) is 13.4. The number of aryl methyl sites for hydroxylation is 2. The molecule has 0 saturated carbocycles. The first kappa shape index (κ1) is 20.9. The molecule has 156 valence electrons. The van der Waals surface area contributed by atoms with E-state index in [1.165, 1.54) is 16.7 Å². The van der Waals surface area contributed by atoms with Crippen molar-refractivity contribution in [1.29, 1.82) is 0 Å². The highest BCUT2D eigenvalue weighted by molar-refractivity contribution is 7.98. The second kappa shape index (κ2) is 10.1. The number of ether oxygens (including phenoxy) is 1. The quantitative estimate of drug-likeness (QED) is 0.269. The lowest BCUT2D eigenvalue weighted by molar-refractivity contribution is 0.306. The van der Waals surface area contributed by atoms with Crippen LogP contribution in [-0.2, 0) is 12.4 Å². The van der Waals surface area contributed by atoms with Gasteiger partial charge in [-0.15, -0.1) is 10.2 Å². The predicted molar refractivity (Wildman–Crippen MR) is 126 cm³/mol. The van der Waals surface area contributed by atoms with E-state index in [0.29, 0.717) is 6.61 Å². The molecular weight excluding hydrogens is 404 g/mol. The molecule has 0 unspecified atom stereocenters. The van der Waals surface area contributed by atoms with Crippen molar-refractivity contribution < 1.29 is 4.74 Å². The normalized spacial score (nSPS) is 11.2. The second-order valence-electron chi connectivity index (χ2n) is 7.32. The van der Waals surface area contributed by atoms with Crippen molar-refractivity contribution >= 4 is 18.0 Å². The van der Waals surface area contributed by atoms with Gasteiger partial charge in [-0.1, -0.05) is 71.4 Å². The minimum Gasteiger partial charge on any atom is -0.489 e. The van der Waals surface area contributed by atoms with Gasteiger partial charge in [0.25, 0.3) is 0 Å². The van der Waals surface area contributed by atoms with Gasteiger partial charge in [-0.2, -0.15) is 9.78 Å². The zero-order chi connectivity index (χ0) is 21.5. The third-order valence-corrected chi connectivity index (χ3v) is 5.73. The average molecular weight is 429 g/mol. The highest BCUT2D eigenvalue weighted by Crippen LogP contribution is 2.21. The Morgan fingerprint density at radius 1 is 0.871 bits per heavy atom. The van der Waals surface area contributed by atoms with Crippen molar-refractivity contribution in [3.05, 3.63) is 107 Å². The summed E-state index contributed by atoms with van der Waals surface area (Å²) < 4.78 is 7.56. The van der Waals surface area contributed by atoms with Gasteiger partial charge in [0.15, 0.2) is 0 Å². The largest absolute Gasteiger partial charge is 0.489 e. The number of benzene rings is 3. The van der Waals surface area contributed by atoms with Crippen molar-refractivity contribution in [3.8, 4) is 5.75 Å². The monoisotopic (exact) mass is 428 g/mol. The Morgan fingerprint density at radius 3 is 2.19 bits per heavy atom. The molecule has 31 heavy (non-hydrogen) atoms. The lowest BCUT2D eigenvalue weighted by atomic mass is 10.2. The number of nitrogens with zero attached hydrogens (tertiary/aromatic N) is 4. The van der Waals surface area contributed by atoms with Crippen LogP contribution in [0, 0.1) is 13.8 Å². The zero-order valence-corrected chi connectivity index (χ0v) is 18.4. The first-order chi connectivity index (χ1) is 15.2. The highest BCUT2D eigenvalue weighted by atomic mass is 32.2. The Bertz CT molecular complexity index is 1130. The summed E-state index contributed by atoms with van der Waals surface area (Å²) >= 11 is 1.61. The van der Waals surface area contributed by atoms with E-state index in [0.717, 1.165) is 27.8 Å². The topological polar surface area (TPSA) is 52.3 Å². The first-order valence-electron chi connectivity index (χ1n) is 10.1. The number of aromatic nitrogens is 3. The molecule has 0 radical (unpaired) electrons. The third-order valence-electron chi connectivity index (χ3n) is 4.73. The number of rotatable bonds is 8. The van der Waals surface area contributed by atoms with E-state index in [1.54, 1.807) is 29.0 Å². The summed E-state index contributed by atoms with van der Waals surface area (Å²) in [7, 11) is 0. The van der Waals surface area contributed by atoms with E-state index >= 15 is 0 Å². The van der Waals surface area contributed by atoms with Gasteiger partial charge in [-0.05, 0) is 54.8 Å². The number of hydrogen-bond acceptors (Lipinski definition) is 5. The van der Waals surface area contributed by atoms with E-state index in [9.17, 15) is 0 Å². The van der Waals surface area contributed by atoms with Crippen LogP contribution in [0.25, 0.3) is 0 Å². The minimum atomic E-state index is 0.552. The fraction of sp³-hybridized carbons (Fsp3) is 0.160. The molecule has 0 saturated heterocycles. The molecule has 1 aromatic heterocycles. The minimum absolute atomic E-state index is 0.552. The van der Waals surface area contributed by atoms with Crippen LogP contribution in [0.5, 0.6) is 5.75 Å². The van der Waals surface area contributed by atoms with Gasteiger partial charge in [-0.25, -0.2) is 0 Å². The first-order valence-corrected chi connectivity index (χ1v) is 11.1. The average Bonchev–Trinajstić information content (AvgIpc) is 3.25. The molecule has 4 aromatic rings. The van der Waals surface area contributed by atoms with Gasteiger partial charge in [-0.3, -0.25) is 0 Å². The van der Waals surface area contributed by atoms with Crippen molar-refractivity contribution in [2.45, 2.75) is 31.4 Å². The van der Waals surface area contributed by atoms with Crippen molar-refractivity contribution in [2.24, 2.45) is 5.10 Å². The molecule has 3 aromatic carbocycles. The second-order valence-corrected chi connectivity index (χ2v) is 8.26. The van der Waals surface area contributed by atoms with E-state index in [-0.39, 0.29) is 0 Å². The number of thioether (sulfide) groups is 1. The zero-order valence-electron chi connectivity index (χ0n) is 17.6. The smallest absolute Gasteiger partial charge is 0.212 e. The standard InChI is InChI=1S/C25H24N4OS/c1-19-3-7-22(8-4-19)16-30-24-13-11-21(12-14-24)15-27-29-18-26-28-25(29)31-17-23-9-5-20(2)6-10-23/h3-15,18H,16-17H2,1-2H3/b27-15+. The summed E-state index contributed by atoms with van der Waals surface area (Å²) in [6, 6.07) is 24.7. The molecule has 0 bridgehead atoms. The molecule has 0 aliphatic carbocycles. The van der Waals surface area contributed by atoms with Gasteiger partial charge in [0.05, 0.1) is 6.21 Å². The lowest BCUT2D eigenvalue weighted by Crippen LogP contribution is -1.96. The fourth-order valence-corrected chi connectivity index (χ4v) is 3.68. The van der Waals surface area contributed by atoms with Crippen LogP contribution in [0.1, 0.15) is 27.8 Å². The van der Waals surface area contributed by atoms with Crippen LogP contribution in [0.4, 0.5) is 0 Å². The van der Waals surface area contributed by atoms with Crippen LogP contribution < -0.4 is 4.74 Å². The molecule has 0 spiro atoms. The van der Waals surface area contributed by atoms with Crippen LogP contribution in [-0.4, -0.2) is 21.1 Å². The van der Waals surface area contributed by atoms with Crippen molar-refractivity contribution in [3.63, 3.8) is 0 Å². The molecule has 1 heterocycles. The Hall–Kier alpha value is -3.38. The molecule has 5 nitrogen and oxygen atoms in total. The van der Waals surface area contributed by atoms with Crippen molar-refractivity contribution in [2.75, 3.05) is 0 Å². The van der Waals surface area contributed by atoms with E-state index in [1.807, 2.05) is 24.3 Å². The maximum Gasteiger partial charge on any atom is 0.212 e. The van der Waals surface area contributed by atoms with Crippen molar-refractivity contribution in [1.82, 2.24) is 14.9 Å². The maximum absolute atomic E-state index is 5.86. The molecule has 4 rings (SSSR count). The SMILES string of the molecule is Cc1ccc(COc2ccc(/C=N/n3cnnc3SCc3ccc(C)cc3)cc2)cc1. The summed E-state index contributed by atoms with van der Waals surface area (Å²) in [4.78, 5) is 0. The summed E-state index contributed by atoms with van der Waals surface area (Å²) in [5.74, 6) is 1.65. The Labute approximate surface area is 186 Å². The third kappa shape index (κ3) is 6.06. The molecule has 0 N–H and O–H groups in total. The Kier molecular flexibility index (Phi) is 6.79. The van der Waals surface area contributed by atoms with Crippen LogP contribution in [0.15, 0.2) is 89.4 Å². The molecule has 0 atom stereocenters.